The first-order chi connectivity index (χ1) is 12.9. The normalized spacial score (nSPS) is 15.7. The molecule has 1 aromatic heterocycles. The van der Waals surface area contributed by atoms with Crippen LogP contribution in [0, 0.1) is 6.92 Å². The highest BCUT2D eigenvalue weighted by Crippen LogP contribution is 2.32. The average Bonchev–Trinajstić information content (AvgIpc) is 2.64. The van der Waals surface area contributed by atoms with Gasteiger partial charge in [0.15, 0.2) is 0 Å². The number of benzene rings is 1. The fourth-order valence-corrected chi connectivity index (χ4v) is 4.67. The van der Waals surface area contributed by atoms with Crippen LogP contribution in [0.2, 0.25) is 5.02 Å². The molecule has 1 saturated heterocycles. The van der Waals surface area contributed by atoms with E-state index in [9.17, 15) is 4.79 Å². The van der Waals surface area contributed by atoms with Crippen LogP contribution in [0.25, 0.3) is 0 Å². The summed E-state index contributed by atoms with van der Waals surface area (Å²) in [5.74, 6) is 0. The van der Waals surface area contributed by atoms with Crippen LogP contribution in [0.15, 0.2) is 34.1 Å². The Hall–Kier alpha value is -1.70. The lowest BCUT2D eigenvalue weighted by Gasteiger charge is -2.31. The lowest BCUT2D eigenvalue weighted by molar-refractivity contribution is 0.269. The van der Waals surface area contributed by atoms with Gasteiger partial charge >= 0.3 is 0 Å². The van der Waals surface area contributed by atoms with Crippen molar-refractivity contribution in [3.05, 3.63) is 45.3 Å². The van der Waals surface area contributed by atoms with E-state index in [1.165, 1.54) is 16.1 Å². The predicted molar refractivity (Wildman–Crippen MR) is 114 cm³/mol. The van der Waals surface area contributed by atoms with Crippen LogP contribution in [0.4, 0.5) is 11.4 Å². The minimum Gasteiger partial charge on any atom is -0.385 e. The van der Waals surface area contributed by atoms with Gasteiger partial charge in [0.25, 0.3) is 5.56 Å². The van der Waals surface area contributed by atoms with Gasteiger partial charge < -0.3 is 10.2 Å². The van der Waals surface area contributed by atoms with Gasteiger partial charge in [0.1, 0.15) is 5.02 Å². The Morgan fingerprint density at radius 1 is 1.30 bits per heavy atom. The molecule has 1 aliphatic heterocycles. The van der Waals surface area contributed by atoms with Gasteiger partial charge in [0.2, 0.25) is 0 Å². The number of anilines is 2. The zero-order valence-electron chi connectivity index (χ0n) is 16.2. The molecule has 0 radical (unpaired) electrons. The molecule has 0 aliphatic carbocycles. The maximum Gasteiger partial charge on any atom is 0.287 e. The van der Waals surface area contributed by atoms with E-state index >= 15 is 0 Å². The number of aromatic nitrogens is 2. The molecule has 0 spiro atoms. The second kappa shape index (κ2) is 8.54. The quantitative estimate of drug-likeness (QED) is 0.763. The van der Waals surface area contributed by atoms with E-state index in [2.05, 4.69) is 58.8 Å². The van der Waals surface area contributed by atoms with Gasteiger partial charge in [0, 0.05) is 44.8 Å². The maximum absolute atomic E-state index is 12.5. The Morgan fingerprint density at radius 2 is 2.00 bits per heavy atom. The zero-order chi connectivity index (χ0) is 19.6. The van der Waals surface area contributed by atoms with E-state index in [4.69, 9.17) is 11.6 Å². The maximum atomic E-state index is 12.5. The van der Waals surface area contributed by atoms with Gasteiger partial charge in [-0.1, -0.05) is 11.6 Å². The smallest absolute Gasteiger partial charge is 0.287 e. The molecule has 0 unspecified atom stereocenters. The Kier molecular flexibility index (Phi) is 6.34. The number of hydrogen-bond donors (Lipinski definition) is 1. The molecule has 2 aromatic rings. The summed E-state index contributed by atoms with van der Waals surface area (Å²) in [6.07, 6.45) is 3.38. The number of hydrogen-bond acceptors (Lipinski definition) is 6. The first-order valence-electron chi connectivity index (χ1n) is 9.06. The molecule has 1 aromatic carbocycles. The molecule has 0 bridgehead atoms. The summed E-state index contributed by atoms with van der Waals surface area (Å²) in [6, 6.07) is 6.66. The molecule has 2 heterocycles. The molecule has 3 rings (SSSR count). The van der Waals surface area contributed by atoms with Crippen molar-refractivity contribution in [3.8, 4) is 0 Å². The van der Waals surface area contributed by atoms with Crippen LogP contribution >= 0.6 is 23.5 Å². The third-order valence-corrected chi connectivity index (χ3v) is 6.32. The van der Waals surface area contributed by atoms with E-state index in [-0.39, 0.29) is 16.6 Å². The molecule has 1 aliphatic rings. The number of nitrogens with zero attached hydrogens (tertiary/aromatic N) is 4. The molecule has 146 valence electrons. The van der Waals surface area contributed by atoms with Crippen LogP contribution < -0.4 is 15.8 Å². The first kappa shape index (κ1) is 20.0. The lowest BCUT2D eigenvalue weighted by Crippen LogP contribution is -2.36. The molecule has 1 fully saturated rings. The number of nitrogens with one attached hydrogen (secondary N) is 1. The lowest BCUT2D eigenvalue weighted by atomic mass is 10.1. The molecule has 0 saturated carbocycles. The predicted octanol–water partition coefficient (Wildman–Crippen LogP) is 3.66. The van der Waals surface area contributed by atoms with Gasteiger partial charge in [-0.3, -0.25) is 4.79 Å². The summed E-state index contributed by atoms with van der Waals surface area (Å²) in [4.78, 5) is 15.8. The number of rotatable bonds is 5. The van der Waals surface area contributed by atoms with Crippen LogP contribution in [0.3, 0.4) is 0 Å². The molecule has 0 atom stereocenters. The summed E-state index contributed by atoms with van der Waals surface area (Å²) in [6.45, 7) is 3.95. The van der Waals surface area contributed by atoms with Crippen molar-refractivity contribution in [2.75, 3.05) is 44.4 Å². The molecule has 8 heteroatoms. The SMILES string of the molecule is CNc1cnn(C2CCN(Sc3ccc(N(C)C)c(C)c3)CC2)c(=O)c1Cl. The Morgan fingerprint density at radius 3 is 2.59 bits per heavy atom. The van der Waals surface area contributed by atoms with Crippen molar-refractivity contribution in [3.63, 3.8) is 0 Å². The monoisotopic (exact) mass is 407 g/mol. The highest BCUT2D eigenvalue weighted by Gasteiger charge is 2.24. The van der Waals surface area contributed by atoms with Crippen molar-refractivity contribution >= 4 is 34.9 Å². The molecule has 6 nitrogen and oxygen atoms in total. The van der Waals surface area contributed by atoms with Crippen molar-refractivity contribution in [1.82, 2.24) is 14.1 Å². The molecular formula is C19H26ClN5OS. The minimum absolute atomic E-state index is 0.0932. The summed E-state index contributed by atoms with van der Waals surface area (Å²) in [5, 5.41) is 7.41. The van der Waals surface area contributed by atoms with E-state index in [0.717, 1.165) is 25.9 Å². The van der Waals surface area contributed by atoms with Crippen LogP contribution in [0.5, 0.6) is 0 Å². The second-order valence-electron chi connectivity index (χ2n) is 6.97. The molecule has 1 N–H and O–H groups in total. The van der Waals surface area contributed by atoms with Gasteiger partial charge in [-0.2, -0.15) is 5.10 Å². The molecule has 0 amide bonds. The van der Waals surface area contributed by atoms with Crippen molar-refractivity contribution in [1.29, 1.82) is 0 Å². The van der Waals surface area contributed by atoms with Crippen LogP contribution in [0.1, 0.15) is 24.4 Å². The first-order valence-corrected chi connectivity index (χ1v) is 10.2. The summed E-state index contributed by atoms with van der Waals surface area (Å²) in [5.41, 5.74) is 2.87. The van der Waals surface area contributed by atoms with Gasteiger partial charge in [-0.05, 0) is 55.5 Å². The summed E-state index contributed by atoms with van der Waals surface area (Å²) < 4.78 is 3.90. The third kappa shape index (κ3) is 4.42. The highest BCUT2D eigenvalue weighted by molar-refractivity contribution is 7.97. The summed E-state index contributed by atoms with van der Waals surface area (Å²) >= 11 is 7.93. The van der Waals surface area contributed by atoms with Crippen molar-refractivity contribution < 1.29 is 0 Å². The van der Waals surface area contributed by atoms with E-state index < -0.39 is 0 Å². The van der Waals surface area contributed by atoms with Crippen LogP contribution in [-0.2, 0) is 0 Å². The largest absolute Gasteiger partial charge is 0.385 e. The molecule has 27 heavy (non-hydrogen) atoms. The Bertz CT molecular complexity index is 862. The van der Waals surface area contributed by atoms with E-state index in [1.54, 1.807) is 29.9 Å². The topological polar surface area (TPSA) is 53.4 Å². The van der Waals surface area contributed by atoms with E-state index in [0.29, 0.717) is 5.69 Å². The van der Waals surface area contributed by atoms with Crippen molar-refractivity contribution in [2.24, 2.45) is 0 Å². The standard InChI is InChI=1S/C19H26ClN5OS/c1-13-11-15(5-6-17(13)23(3)4)27-24-9-7-14(8-10-24)25-19(26)18(20)16(21-2)12-22-25/h5-6,11-12,14,21H,7-10H2,1-4H3. The fraction of sp³-hybridized carbons (Fsp3) is 0.474. The Labute approximate surface area is 169 Å². The average molecular weight is 408 g/mol. The number of aryl methyl sites for hydroxylation is 1. The summed E-state index contributed by atoms with van der Waals surface area (Å²) in [7, 11) is 5.85. The zero-order valence-corrected chi connectivity index (χ0v) is 17.8. The van der Waals surface area contributed by atoms with Gasteiger partial charge in [0.05, 0.1) is 17.9 Å². The fourth-order valence-electron chi connectivity index (χ4n) is 3.39. The third-order valence-electron chi connectivity index (χ3n) is 4.87. The number of halogens is 1. The van der Waals surface area contributed by atoms with E-state index in [1.807, 2.05) is 0 Å². The second-order valence-corrected chi connectivity index (χ2v) is 8.51. The molecular weight excluding hydrogens is 382 g/mol. The Balaban J connectivity index is 1.63. The number of piperidine rings is 1. The van der Waals surface area contributed by atoms with Gasteiger partial charge in [-0.25, -0.2) is 8.99 Å². The van der Waals surface area contributed by atoms with Crippen molar-refractivity contribution in [2.45, 2.75) is 30.7 Å². The highest BCUT2D eigenvalue weighted by atomic mass is 35.5. The van der Waals surface area contributed by atoms with Crippen LogP contribution in [-0.4, -0.2) is 48.3 Å². The minimum atomic E-state index is -0.218. The van der Waals surface area contributed by atoms with Gasteiger partial charge in [-0.15, -0.1) is 0 Å².